The topological polar surface area (TPSA) is 94.0 Å². The Kier molecular flexibility index (Phi) is 11.6. The summed E-state index contributed by atoms with van der Waals surface area (Å²) < 4.78 is 22.9. The van der Waals surface area contributed by atoms with Crippen molar-refractivity contribution in [2.75, 3.05) is 0 Å². The molecule has 9 aromatic rings. The summed E-state index contributed by atoms with van der Waals surface area (Å²) in [4.78, 5) is 24.7. The van der Waals surface area contributed by atoms with Crippen LogP contribution in [-0.2, 0) is 25.5 Å². The van der Waals surface area contributed by atoms with Crippen LogP contribution in [0.4, 0.5) is 4.39 Å². The summed E-state index contributed by atoms with van der Waals surface area (Å²) in [7, 11) is 0. The minimum atomic E-state index is -1.18. The fraction of sp³-hybridized carbons (Fsp3) is 0.216. The van der Waals surface area contributed by atoms with Crippen molar-refractivity contribution >= 4 is 49.7 Å². The van der Waals surface area contributed by atoms with Gasteiger partial charge in [0.25, 0.3) is 5.97 Å². The first kappa shape index (κ1) is 42.1. The van der Waals surface area contributed by atoms with Crippen LogP contribution in [0.1, 0.15) is 92.9 Å². The van der Waals surface area contributed by atoms with Crippen LogP contribution >= 0.6 is 0 Å². The molecule has 0 fully saturated rings. The molecule has 1 radical (unpaired) electrons. The average Bonchev–Trinajstić information content (AvgIpc) is 3.78. The number of carbonyl (C=O) groups is 1. The molecule has 0 aliphatic rings. The second-order valence-electron chi connectivity index (χ2n) is 16.7. The molecule has 0 saturated carbocycles. The molecule has 0 spiro atoms. The molecule has 7 nitrogen and oxygen atoms in total. The zero-order valence-electron chi connectivity index (χ0n) is 34.8. The minimum absolute atomic E-state index is 0. The molecule has 9 rings (SSSR count). The Bertz CT molecular complexity index is 3020. The predicted octanol–water partition coefficient (Wildman–Crippen LogP) is 13.2. The van der Waals surface area contributed by atoms with E-state index in [1.807, 2.05) is 24.5 Å². The molecule has 305 valence electrons. The van der Waals surface area contributed by atoms with Crippen LogP contribution in [-0.4, -0.2) is 30.6 Å². The smallest absolute Gasteiger partial charge is 0.292 e. The number of pyridine rings is 2. The zero-order valence-corrected chi connectivity index (χ0v) is 37.2. The Morgan fingerprint density at radius 3 is 2.15 bits per heavy atom. The van der Waals surface area contributed by atoms with E-state index in [1.165, 1.54) is 28.3 Å². The number of rotatable bonds is 6. The van der Waals surface area contributed by atoms with Gasteiger partial charge in [-0.1, -0.05) is 126 Å². The first-order chi connectivity index (χ1) is 28.2. The first-order valence-electron chi connectivity index (χ1n) is 19.8. The Morgan fingerprint density at radius 1 is 0.833 bits per heavy atom. The van der Waals surface area contributed by atoms with Gasteiger partial charge in [-0.05, 0) is 80.6 Å². The number of halogens is 1. The van der Waals surface area contributed by atoms with Gasteiger partial charge in [0.2, 0.25) is 0 Å². The van der Waals surface area contributed by atoms with Gasteiger partial charge in [0.15, 0.2) is 0 Å². The predicted molar refractivity (Wildman–Crippen MR) is 235 cm³/mol. The van der Waals surface area contributed by atoms with Gasteiger partial charge in [0, 0.05) is 49.4 Å². The number of fused-ring (bicyclic) bond motifs is 5. The van der Waals surface area contributed by atoms with Crippen LogP contribution in [0.25, 0.3) is 72.1 Å². The van der Waals surface area contributed by atoms with Gasteiger partial charge in [-0.2, -0.15) is 0 Å². The average molecular weight is 973 g/mol. The van der Waals surface area contributed by atoms with Crippen LogP contribution in [0, 0.1) is 24.9 Å². The summed E-state index contributed by atoms with van der Waals surface area (Å²) in [5.74, 6) is -0.317. The minimum Gasteiger partial charge on any atom is -0.501 e. The van der Waals surface area contributed by atoms with Crippen molar-refractivity contribution in [1.29, 1.82) is 0 Å². The number of aromatic nitrogens is 4. The SMILES string of the molecule is CC(C)(C)c1ccc(-c2[c-]cc(C(=O)O)cc2F)nc1.Cc1cncc2nc(-c3[c-]ccc4c3oc3cc5ccccc5cc34)n(-c3c(C(C)C)cccc3C(C)C)c12.[Ir]. The number of hydrogen-bond acceptors (Lipinski definition) is 5. The standard InChI is InChI=1S/C35H30N3O.C16H15FNO2.Ir/c1-20(2)25-12-8-13-26(21(3)4)33(25)38-32-22(5)18-36-19-30(32)37-35(38)28-15-9-14-27-29-16-23-10-6-7-11-24(23)17-31(29)39-34(27)28;1-16(2,3)11-5-7-14(18-9-11)12-6-4-10(15(19)20)8-13(12)17;/h6-14,16-21H,1-5H3;4-5,7-9H,1-3H3,(H,19,20);/q2*-1;. The maximum atomic E-state index is 13.9. The van der Waals surface area contributed by atoms with E-state index in [1.54, 1.807) is 12.3 Å². The number of carboxylic acid groups (broad SMARTS) is 1. The molecular formula is C51H45FIrN4O3-2. The second-order valence-corrected chi connectivity index (χ2v) is 16.7. The molecule has 0 bridgehead atoms. The summed E-state index contributed by atoms with van der Waals surface area (Å²) >= 11 is 0. The van der Waals surface area contributed by atoms with E-state index in [2.05, 4.69) is 143 Å². The normalized spacial score (nSPS) is 11.7. The molecule has 60 heavy (non-hydrogen) atoms. The van der Waals surface area contributed by atoms with Crippen molar-refractivity contribution in [3.05, 3.63) is 155 Å². The summed E-state index contributed by atoms with van der Waals surface area (Å²) in [5.41, 5.74) is 10.8. The molecule has 0 aliphatic carbocycles. The number of aromatic carboxylic acids is 1. The Morgan fingerprint density at radius 2 is 1.53 bits per heavy atom. The fourth-order valence-electron chi connectivity index (χ4n) is 7.71. The molecule has 5 aromatic carbocycles. The maximum Gasteiger partial charge on any atom is 0.292 e. The monoisotopic (exact) mass is 973 g/mol. The van der Waals surface area contributed by atoms with E-state index in [0.29, 0.717) is 17.5 Å². The summed E-state index contributed by atoms with van der Waals surface area (Å²) in [6.07, 6.45) is 5.49. The van der Waals surface area contributed by atoms with Crippen molar-refractivity contribution in [1.82, 2.24) is 19.5 Å². The number of imidazole rings is 1. The van der Waals surface area contributed by atoms with Gasteiger partial charge in [0.05, 0.1) is 28.6 Å². The van der Waals surface area contributed by atoms with Crippen molar-refractivity contribution in [3.8, 4) is 28.3 Å². The van der Waals surface area contributed by atoms with E-state index in [9.17, 15) is 9.18 Å². The summed E-state index contributed by atoms with van der Waals surface area (Å²) in [6, 6.07) is 35.5. The number of furan rings is 1. The van der Waals surface area contributed by atoms with Crippen molar-refractivity contribution in [3.63, 3.8) is 0 Å². The fourth-order valence-corrected chi connectivity index (χ4v) is 7.71. The van der Waals surface area contributed by atoms with E-state index < -0.39 is 11.8 Å². The molecule has 9 heteroatoms. The molecule has 1 N–H and O–H groups in total. The van der Waals surface area contributed by atoms with Crippen LogP contribution in [0.5, 0.6) is 0 Å². The van der Waals surface area contributed by atoms with Gasteiger partial charge in [-0.25, -0.2) is 0 Å². The van der Waals surface area contributed by atoms with Crippen LogP contribution in [0.15, 0.2) is 114 Å². The summed E-state index contributed by atoms with van der Waals surface area (Å²) in [6.45, 7) is 17.3. The van der Waals surface area contributed by atoms with Gasteiger partial charge < -0.3 is 19.1 Å². The van der Waals surface area contributed by atoms with Gasteiger partial charge in [-0.3, -0.25) is 19.2 Å². The van der Waals surface area contributed by atoms with Crippen molar-refractivity contribution in [2.24, 2.45) is 0 Å². The van der Waals surface area contributed by atoms with Crippen LogP contribution in [0.2, 0.25) is 0 Å². The number of para-hydroxylation sites is 1. The number of carboxylic acids is 1. The molecule has 0 saturated heterocycles. The number of hydrogen-bond donors (Lipinski definition) is 1. The third-order valence-electron chi connectivity index (χ3n) is 10.9. The van der Waals surface area contributed by atoms with Gasteiger partial charge >= 0.3 is 0 Å². The third-order valence-corrected chi connectivity index (χ3v) is 10.9. The molecule has 0 unspecified atom stereocenters. The van der Waals surface area contributed by atoms with Crippen LogP contribution in [0.3, 0.4) is 0 Å². The van der Waals surface area contributed by atoms with Crippen molar-refractivity contribution < 1.29 is 38.8 Å². The number of benzene rings is 5. The first-order valence-corrected chi connectivity index (χ1v) is 19.8. The summed E-state index contributed by atoms with van der Waals surface area (Å²) in [5, 5.41) is 13.3. The van der Waals surface area contributed by atoms with Gasteiger partial charge in [0.1, 0.15) is 5.58 Å². The van der Waals surface area contributed by atoms with Gasteiger partial charge in [-0.15, -0.1) is 30.3 Å². The van der Waals surface area contributed by atoms with Crippen LogP contribution < -0.4 is 0 Å². The Balaban J connectivity index is 0.000000220. The number of nitrogens with zero attached hydrogens (tertiary/aromatic N) is 4. The van der Waals surface area contributed by atoms with Crippen molar-refractivity contribution in [2.45, 2.75) is 72.6 Å². The number of aryl methyl sites for hydroxylation is 1. The molecule has 0 amide bonds. The van der Waals surface area contributed by atoms with E-state index in [0.717, 1.165) is 66.9 Å². The second kappa shape index (κ2) is 16.6. The Hall–Kier alpha value is -6.02. The van der Waals surface area contributed by atoms with E-state index >= 15 is 0 Å². The Labute approximate surface area is 362 Å². The quantitative estimate of drug-likeness (QED) is 0.167. The zero-order chi connectivity index (χ0) is 41.7. The molecular weight excluding hydrogens is 928 g/mol. The molecule has 0 aliphatic heterocycles. The molecule has 4 aromatic heterocycles. The largest absolute Gasteiger partial charge is 0.501 e. The van der Waals surface area contributed by atoms with E-state index in [4.69, 9.17) is 14.5 Å². The third kappa shape index (κ3) is 7.76. The van der Waals surface area contributed by atoms with E-state index in [-0.39, 0.29) is 36.6 Å². The molecule has 4 heterocycles. The maximum absolute atomic E-state index is 13.9. The molecule has 0 atom stereocenters.